The van der Waals surface area contributed by atoms with Crippen LogP contribution >= 0.6 is 0 Å². The Labute approximate surface area is 117 Å². The van der Waals surface area contributed by atoms with Crippen molar-refractivity contribution in [1.29, 1.82) is 0 Å². The van der Waals surface area contributed by atoms with Gasteiger partial charge < -0.3 is 5.32 Å². The lowest BCUT2D eigenvalue weighted by Gasteiger charge is -2.36. The van der Waals surface area contributed by atoms with Crippen LogP contribution in [0.1, 0.15) is 57.5 Å². The molecule has 0 saturated heterocycles. The summed E-state index contributed by atoms with van der Waals surface area (Å²) in [5.41, 5.74) is 2.10. The molecule has 106 valence electrons. The molecular weight excluding hydrogens is 234 g/mol. The van der Waals surface area contributed by atoms with Gasteiger partial charge in [-0.15, -0.1) is 0 Å². The molecule has 0 bridgehead atoms. The Morgan fingerprint density at radius 3 is 2.58 bits per heavy atom. The first-order valence-corrected chi connectivity index (χ1v) is 7.63. The Balaban J connectivity index is 2.13. The summed E-state index contributed by atoms with van der Waals surface area (Å²) >= 11 is 0. The molecule has 0 radical (unpaired) electrons. The van der Waals surface area contributed by atoms with Crippen LogP contribution in [-0.2, 0) is 0 Å². The van der Waals surface area contributed by atoms with Crippen molar-refractivity contribution in [2.75, 3.05) is 6.54 Å². The Kier molecular flexibility index (Phi) is 4.92. The fraction of sp³-hybridized carbons (Fsp3) is 0.750. The molecule has 1 N–H and O–H groups in total. The van der Waals surface area contributed by atoms with Gasteiger partial charge in [-0.2, -0.15) is 0 Å². The van der Waals surface area contributed by atoms with E-state index in [1.54, 1.807) is 0 Å². The van der Waals surface area contributed by atoms with Gasteiger partial charge in [0, 0.05) is 6.20 Å². The minimum absolute atomic E-state index is 0.369. The first kappa shape index (κ1) is 14.4. The molecular formula is C16H27N3. The van der Waals surface area contributed by atoms with E-state index in [2.05, 4.69) is 36.1 Å². The van der Waals surface area contributed by atoms with Gasteiger partial charge in [-0.05, 0) is 44.1 Å². The van der Waals surface area contributed by atoms with Gasteiger partial charge in [0.15, 0.2) is 0 Å². The molecule has 1 aliphatic rings. The molecule has 0 aliphatic heterocycles. The zero-order valence-corrected chi connectivity index (χ0v) is 12.7. The molecule has 3 heteroatoms. The summed E-state index contributed by atoms with van der Waals surface area (Å²) in [6, 6.07) is 0.369. The van der Waals surface area contributed by atoms with E-state index in [4.69, 9.17) is 0 Å². The fourth-order valence-corrected chi connectivity index (χ4v) is 3.19. The average Bonchev–Trinajstić information content (AvgIpc) is 2.41. The van der Waals surface area contributed by atoms with Gasteiger partial charge in [0.1, 0.15) is 0 Å². The second-order valence-corrected chi connectivity index (χ2v) is 6.15. The number of aryl methyl sites for hydroxylation is 1. The van der Waals surface area contributed by atoms with Crippen molar-refractivity contribution in [1.82, 2.24) is 15.3 Å². The van der Waals surface area contributed by atoms with Crippen LogP contribution in [-0.4, -0.2) is 16.5 Å². The molecule has 1 heterocycles. The van der Waals surface area contributed by atoms with Gasteiger partial charge in [0.2, 0.25) is 0 Å². The van der Waals surface area contributed by atoms with Crippen molar-refractivity contribution in [3.63, 3.8) is 0 Å². The second kappa shape index (κ2) is 6.47. The highest BCUT2D eigenvalue weighted by Crippen LogP contribution is 2.39. The van der Waals surface area contributed by atoms with Crippen LogP contribution < -0.4 is 5.32 Å². The number of hydrogen-bond acceptors (Lipinski definition) is 3. The molecule has 1 fully saturated rings. The molecule has 1 aromatic rings. The molecule has 0 aromatic carbocycles. The summed E-state index contributed by atoms with van der Waals surface area (Å²) in [6.45, 7) is 9.92. The molecule has 19 heavy (non-hydrogen) atoms. The van der Waals surface area contributed by atoms with Crippen LogP contribution in [0.3, 0.4) is 0 Å². The SMILES string of the molecule is CCNC(c1cnc(C)cn1)C1CCC(C)C(C)C1. The lowest BCUT2D eigenvalue weighted by atomic mass is 9.72. The summed E-state index contributed by atoms with van der Waals surface area (Å²) in [7, 11) is 0. The van der Waals surface area contributed by atoms with E-state index < -0.39 is 0 Å². The first-order chi connectivity index (χ1) is 9.11. The van der Waals surface area contributed by atoms with Crippen LogP contribution in [0.25, 0.3) is 0 Å². The van der Waals surface area contributed by atoms with Gasteiger partial charge in [-0.3, -0.25) is 9.97 Å². The number of rotatable bonds is 4. The molecule has 0 spiro atoms. The third-order valence-electron chi connectivity index (χ3n) is 4.65. The summed E-state index contributed by atoms with van der Waals surface area (Å²) in [5, 5.41) is 3.62. The van der Waals surface area contributed by atoms with Crippen molar-refractivity contribution in [3.8, 4) is 0 Å². The highest BCUT2D eigenvalue weighted by Gasteiger charge is 2.31. The molecule has 1 aliphatic carbocycles. The maximum atomic E-state index is 4.59. The maximum absolute atomic E-state index is 4.59. The van der Waals surface area contributed by atoms with E-state index in [9.17, 15) is 0 Å². The predicted molar refractivity (Wildman–Crippen MR) is 78.9 cm³/mol. The van der Waals surface area contributed by atoms with Crippen LogP contribution in [0.15, 0.2) is 12.4 Å². The smallest absolute Gasteiger partial charge is 0.0759 e. The lowest BCUT2D eigenvalue weighted by molar-refractivity contribution is 0.170. The molecule has 4 atom stereocenters. The fourth-order valence-electron chi connectivity index (χ4n) is 3.19. The van der Waals surface area contributed by atoms with Gasteiger partial charge in [0.25, 0.3) is 0 Å². The summed E-state index contributed by atoms with van der Waals surface area (Å²) in [4.78, 5) is 9.00. The third kappa shape index (κ3) is 3.53. The Morgan fingerprint density at radius 1 is 1.21 bits per heavy atom. The maximum Gasteiger partial charge on any atom is 0.0759 e. The highest BCUT2D eigenvalue weighted by atomic mass is 15.0. The van der Waals surface area contributed by atoms with Crippen LogP contribution in [0.5, 0.6) is 0 Å². The van der Waals surface area contributed by atoms with Crippen LogP contribution in [0, 0.1) is 24.7 Å². The van der Waals surface area contributed by atoms with Crippen molar-refractivity contribution in [3.05, 3.63) is 23.8 Å². The number of nitrogens with one attached hydrogen (secondary N) is 1. The van der Waals surface area contributed by atoms with Crippen molar-refractivity contribution in [2.24, 2.45) is 17.8 Å². The van der Waals surface area contributed by atoms with Crippen molar-refractivity contribution >= 4 is 0 Å². The summed E-state index contributed by atoms with van der Waals surface area (Å²) in [5.74, 6) is 2.38. The molecule has 1 aromatic heterocycles. The molecule has 1 saturated carbocycles. The van der Waals surface area contributed by atoms with E-state index in [1.165, 1.54) is 19.3 Å². The second-order valence-electron chi connectivity index (χ2n) is 6.15. The number of nitrogens with zero attached hydrogens (tertiary/aromatic N) is 2. The number of aromatic nitrogens is 2. The van der Waals surface area contributed by atoms with E-state index >= 15 is 0 Å². The third-order valence-corrected chi connectivity index (χ3v) is 4.65. The van der Waals surface area contributed by atoms with E-state index in [0.29, 0.717) is 12.0 Å². The standard InChI is InChI=1S/C16H27N3/c1-5-17-16(15-10-18-13(4)9-19-15)14-7-6-11(2)12(3)8-14/h9-12,14,16-17H,5-8H2,1-4H3. The molecule has 0 amide bonds. The van der Waals surface area contributed by atoms with Gasteiger partial charge in [0.05, 0.1) is 23.6 Å². The van der Waals surface area contributed by atoms with Crippen LogP contribution in [0.2, 0.25) is 0 Å². The summed E-state index contributed by atoms with van der Waals surface area (Å²) < 4.78 is 0. The van der Waals surface area contributed by atoms with Gasteiger partial charge in [-0.25, -0.2) is 0 Å². The normalized spacial score (nSPS) is 29.2. The average molecular weight is 261 g/mol. The predicted octanol–water partition coefficient (Wildman–Crippen LogP) is 3.51. The Hall–Kier alpha value is -0.960. The number of hydrogen-bond donors (Lipinski definition) is 1. The molecule has 3 nitrogen and oxygen atoms in total. The summed E-state index contributed by atoms with van der Waals surface area (Å²) in [6.07, 6.45) is 7.78. The Morgan fingerprint density at radius 2 is 2.00 bits per heavy atom. The Bertz CT molecular complexity index is 387. The molecule has 2 rings (SSSR count). The van der Waals surface area contributed by atoms with Crippen LogP contribution in [0.4, 0.5) is 0 Å². The minimum atomic E-state index is 0.369. The van der Waals surface area contributed by atoms with Crippen molar-refractivity contribution in [2.45, 2.75) is 53.0 Å². The monoisotopic (exact) mass is 261 g/mol. The lowest BCUT2D eigenvalue weighted by Crippen LogP contribution is -2.33. The quantitative estimate of drug-likeness (QED) is 0.901. The zero-order chi connectivity index (χ0) is 13.8. The first-order valence-electron chi connectivity index (χ1n) is 7.63. The van der Waals surface area contributed by atoms with Gasteiger partial charge >= 0.3 is 0 Å². The largest absolute Gasteiger partial charge is 0.309 e. The van der Waals surface area contributed by atoms with E-state index in [0.717, 1.165) is 29.8 Å². The topological polar surface area (TPSA) is 37.8 Å². The minimum Gasteiger partial charge on any atom is -0.309 e. The van der Waals surface area contributed by atoms with Crippen molar-refractivity contribution < 1.29 is 0 Å². The van der Waals surface area contributed by atoms with Gasteiger partial charge in [-0.1, -0.05) is 27.2 Å². The van der Waals surface area contributed by atoms with E-state index in [-0.39, 0.29) is 0 Å². The zero-order valence-electron chi connectivity index (χ0n) is 12.7. The molecule has 4 unspecified atom stereocenters. The highest BCUT2D eigenvalue weighted by molar-refractivity contribution is 5.08. The van der Waals surface area contributed by atoms with E-state index in [1.807, 2.05) is 19.3 Å².